The number of nitrogens with one attached hydrogen (secondary N) is 1. The fourth-order valence-corrected chi connectivity index (χ4v) is 0.979. The highest BCUT2D eigenvalue weighted by molar-refractivity contribution is 5.32. The Morgan fingerprint density at radius 3 is 2.77 bits per heavy atom. The van der Waals surface area contributed by atoms with Gasteiger partial charge in [0.1, 0.15) is 5.82 Å². The molecule has 0 bridgehead atoms. The van der Waals surface area contributed by atoms with Crippen LogP contribution in [0, 0.1) is 6.92 Å². The molecule has 1 aromatic heterocycles. The lowest BCUT2D eigenvalue weighted by Gasteiger charge is -2.03. The van der Waals surface area contributed by atoms with Crippen molar-refractivity contribution in [3.63, 3.8) is 0 Å². The quantitative estimate of drug-likeness (QED) is 0.662. The highest BCUT2D eigenvalue weighted by Crippen LogP contribution is 2.00. The zero-order valence-electron chi connectivity index (χ0n) is 7.95. The van der Waals surface area contributed by atoms with Crippen molar-refractivity contribution in [2.24, 2.45) is 5.73 Å². The van der Waals surface area contributed by atoms with Gasteiger partial charge in [0.05, 0.1) is 5.69 Å². The van der Waals surface area contributed by atoms with Crippen molar-refractivity contribution < 1.29 is 0 Å². The molecule has 0 unspecified atom stereocenters. The number of hydrogen-bond acceptors (Lipinski definition) is 4. The van der Waals surface area contributed by atoms with Gasteiger partial charge >= 0.3 is 0 Å². The Bertz CT molecular complexity index is 232. The highest BCUT2D eigenvalue weighted by atomic mass is 15.2. The fourth-order valence-electron chi connectivity index (χ4n) is 0.979. The molecule has 4 heteroatoms. The normalized spacial score (nSPS) is 10.0. The van der Waals surface area contributed by atoms with Crippen LogP contribution in [0.5, 0.6) is 0 Å². The van der Waals surface area contributed by atoms with E-state index in [0.717, 1.165) is 37.4 Å². The molecule has 0 atom stereocenters. The first-order valence-electron chi connectivity index (χ1n) is 4.57. The lowest BCUT2D eigenvalue weighted by Crippen LogP contribution is -2.07. The van der Waals surface area contributed by atoms with Crippen LogP contribution in [0.25, 0.3) is 0 Å². The number of rotatable bonds is 5. The summed E-state index contributed by atoms with van der Waals surface area (Å²) >= 11 is 0. The topological polar surface area (TPSA) is 63.8 Å². The fraction of sp³-hybridized carbons (Fsp3) is 0.556. The van der Waals surface area contributed by atoms with Gasteiger partial charge in [-0.3, -0.25) is 0 Å². The number of hydrogen-bond donors (Lipinski definition) is 2. The summed E-state index contributed by atoms with van der Waals surface area (Å²) in [5.74, 6) is 0.836. The van der Waals surface area contributed by atoms with Crippen LogP contribution in [0.2, 0.25) is 0 Å². The Hall–Kier alpha value is -1.16. The summed E-state index contributed by atoms with van der Waals surface area (Å²) in [6.07, 6.45) is 2.12. The number of aryl methyl sites for hydroxylation is 1. The van der Waals surface area contributed by atoms with Gasteiger partial charge in [0.25, 0.3) is 0 Å². The van der Waals surface area contributed by atoms with E-state index in [1.165, 1.54) is 0 Å². The largest absolute Gasteiger partial charge is 0.369 e. The molecule has 0 spiro atoms. The molecule has 0 aliphatic carbocycles. The molecule has 0 amide bonds. The van der Waals surface area contributed by atoms with Crippen LogP contribution in [0.15, 0.2) is 12.1 Å². The molecule has 1 aromatic rings. The Morgan fingerprint density at radius 1 is 1.31 bits per heavy atom. The molecule has 13 heavy (non-hydrogen) atoms. The molecule has 0 aromatic carbocycles. The molecule has 0 aliphatic rings. The summed E-state index contributed by atoms with van der Waals surface area (Å²) in [6, 6.07) is 3.88. The van der Waals surface area contributed by atoms with Crippen LogP contribution in [0.3, 0.4) is 0 Å². The zero-order chi connectivity index (χ0) is 9.52. The molecule has 0 fully saturated rings. The summed E-state index contributed by atoms with van der Waals surface area (Å²) in [6.45, 7) is 3.58. The summed E-state index contributed by atoms with van der Waals surface area (Å²) in [5, 5.41) is 11.1. The minimum Gasteiger partial charge on any atom is -0.369 e. The Morgan fingerprint density at radius 2 is 2.15 bits per heavy atom. The molecule has 3 N–H and O–H groups in total. The second-order valence-corrected chi connectivity index (χ2v) is 2.98. The van der Waals surface area contributed by atoms with Crippen LogP contribution in [0.4, 0.5) is 5.82 Å². The van der Waals surface area contributed by atoms with Crippen molar-refractivity contribution in [3.8, 4) is 0 Å². The van der Waals surface area contributed by atoms with Crippen molar-refractivity contribution in [1.82, 2.24) is 10.2 Å². The number of nitrogens with zero attached hydrogens (tertiary/aromatic N) is 2. The maximum Gasteiger partial charge on any atom is 0.148 e. The van der Waals surface area contributed by atoms with E-state index in [-0.39, 0.29) is 0 Å². The molecular weight excluding hydrogens is 164 g/mol. The smallest absolute Gasteiger partial charge is 0.148 e. The summed E-state index contributed by atoms with van der Waals surface area (Å²) < 4.78 is 0. The Kier molecular flexibility index (Phi) is 4.18. The lowest BCUT2D eigenvalue weighted by atomic mass is 10.3. The molecule has 72 valence electrons. The van der Waals surface area contributed by atoms with Crippen LogP contribution < -0.4 is 11.1 Å². The maximum atomic E-state index is 5.37. The number of aromatic nitrogens is 2. The van der Waals surface area contributed by atoms with Crippen molar-refractivity contribution in [2.75, 3.05) is 18.4 Å². The summed E-state index contributed by atoms with van der Waals surface area (Å²) in [7, 11) is 0. The van der Waals surface area contributed by atoms with Crippen molar-refractivity contribution >= 4 is 5.82 Å². The summed E-state index contributed by atoms with van der Waals surface area (Å²) in [4.78, 5) is 0. The highest BCUT2D eigenvalue weighted by Gasteiger charge is 1.92. The second kappa shape index (κ2) is 5.48. The molecule has 0 saturated heterocycles. The molecule has 0 aliphatic heterocycles. The lowest BCUT2D eigenvalue weighted by molar-refractivity contribution is 0.770. The predicted molar refractivity (Wildman–Crippen MR) is 53.5 cm³/mol. The van der Waals surface area contributed by atoms with Gasteiger partial charge in [0.15, 0.2) is 0 Å². The molecule has 0 saturated carbocycles. The number of anilines is 1. The van der Waals surface area contributed by atoms with Gasteiger partial charge in [-0.25, -0.2) is 0 Å². The molecule has 4 nitrogen and oxygen atoms in total. The van der Waals surface area contributed by atoms with Gasteiger partial charge in [0, 0.05) is 6.54 Å². The third kappa shape index (κ3) is 3.85. The van der Waals surface area contributed by atoms with E-state index < -0.39 is 0 Å². The number of nitrogens with two attached hydrogens (primary N) is 1. The van der Waals surface area contributed by atoms with Crippen LogP contribution >= 0.6 is 0 Å². The van der Waals surface area contributed by atoms with Crippen LogP contribution in [0.1, 0.15) is 18.5 Å². The molecule has 0 radical (unpaired) electrons. The van der Waals surface area contributed by atoms with Gasteiger partial charge < -0.3 is 11.1 Å². The van der Waals surface area contributed by atoms with Gasteiger partial charge in [-0.05, 0) is 38.4 Å². The SMILES string of the molecule is Cc1ccc(NCCCCN)nn1. The molecular formula is C9H16N4. The van der Waals surface area contributed by atoms with E-state index in [0.29, 0.717) is 0 Å². The Balaban J connectivity index is 2.25. The molecule has 1 rings (SSSR count). The monoisotopic (exact) mass is 180 g/mol. The first-order valence-corrected chi connectivity index (χ1v) is 4.57. The predicted octanol–water partition coefficient (Wildman–Crippen LogP) is 0.936. The Labute approximate surface area is 78.6 Å². The standard InChI is InChI=1S/C9H16N4/c1-8-4-5-9(13-12-8)11-7-3-2-6-10/h4-5H,2-3,6-7,10H2,1H3,(H,11,13). The van der Waals surface area contributed by atoms with Crippen LogP contribution in [-0.2, 0) is 0 Å². The first kappa shape index (κ1) is 9.92. The van der Waals surface area contributed by atoms with Crippen molar-refractivity contribution in [1.29, 1.82) is 0 Å². The third-order valence-corrected chi connectivity index (χ3v) is 1.73. The van der Waals surface area contributed by atoms with Gasteiger partial charge in [-0.1, -0.05) is 0 Å². The van der Waals surface area contributed by atoms with E-state index in [1.54, 1.807) is 0 Å². The summed E-state index contributed by atoms with van der Waals surface area (Å²) in [5.41, 5.74) is 6.31. The molecule has 1 heterocycles. The average Bonchev–Trinajstić information content (AvgIpc) is 2.15. The van der Waals surface area contributed by atoms with Crippen molar-refractivity contribution in [3.05, 3.63) is 17.8 Å². The number of unbranched alkanes of at least 4 members (excludes halogenated alkanes) is 1. The van der Waals surface area contributed by atoms with E-state index in [4.69, 9.17) is 5.73 Å². The van der Waals surface area contributed by atoms with Gasteiger partial charge in [-0.2, -0.15) is 5.10 Å². The first-order chi connectivity index (χ1) is 6.33. The minimum absolute atomic E-state index is 0.751. The van der Waals surface area contributed by atoms with E-state index in [9.17, 15) is 0 Å². The maximum absolute atomic E-state index is 5.37. The van der Waals surface area contributed by atoms with E-state index in [1.807, 2.05) is 19.1 Å². The zero-order valence-corrected chi connectivity index (χ0v) is 7.95. The van der Waals surface area contributed by atoms with E-state index in [2.05, 4.69) is 15.5 Å². The van der Waals surface area contributed by atoms with Gasteiger partial charge in [-0.15, -0.1) is 5.10 Å². The second-order valence-electron chi connectivity index (χ2n) is 2.98. The van der Waals surface area contributed by atoms with Gasteiger partial charge in [0.2, 0.25) is 0 Å². The average molecular weight is 180 g/mol. The van der Waals surface area contributed by atoms with E-state index >= 15 is 0 Å². The van der Waals surface area contributed by atoms with Crippen molar-refractivity contribution in [2.45, 2.75) is 19.8 Å². The third-order valence-electron chi connectivity index (χ3n) is 1.73. The minimum atomic E-state index is 0.751. The van der Waals surface area contributed by atoms with Crippen LogP contribution in [-0.4, -0.2) is 23.3 Å².